The van der Waals surface area contributed by atoms with Gasteiger partial charge in [-0.2, -0.15) is 0 Å². The van der Waals surface area contributed by atoms with Crippen molar-refractivity contribution in [3.05, 3.63) is 35.9 Å². The summed E-state index contributed by atoms with van der Waals surface area (Å²) in [4.78, 5) is 11.9. The highest BCUT2D eigenvalue weighted by atomic mass is 32.2. The summed E-state index contributed by atoms with van der Waals surface area (Å²) in [5.74, 6) is 1.09. The van der Waals surface area contributed by atoms with Gasteiger partial charge >= 0.3 is 0 Å². The first-order valence-electron chi connectivity index (χ1n) is 7.86. The molecule has 0 bridgehead atoms. The molecule has 1 amide bonds. The topological polar surface area (TPSA) is 49.3 Å². The standard InChI is InChI=1S/C17H25NO2S/c19-16(14-8-4-3-5-9-14)12-21-13-17(20)18-15-10-6-1-2-7-11-15/h3-5,8-9,15-16,19H,1-2,6-7,10-13H2,(H,18,20)/t16-/m0/s1. The van der Waals surface area contributed by atoms with Crippen molar-refractivity contribution >= 4 is 17.7 Å². The summed E-state index contributed by atoms with van der Waals surface area (Å²) in [5, 5.41) is 13.2. The number of nitrogens with one attached hydrogen (secondary N) is 1. The molecule has 2 N–H and O–H groups in total. The summed E-state index contributed by atoms with van der Waals surface area (Å²) in [6.07, 6.45) is 6.78. The zero-order valence-electron chi connectivity index (χ0n) is 12.5. The minimum absolute atomic E-state index is 0.104. The van der Waals surface area contributed by atoms with Gasteiger partial charge in [0.15, 0.2) is 0 Å². The van der Waals surface area contributed by atoms with E-state index in [1.54, 1.807) is 0 Å². The molecule has 1 aliphatic rings. The fraction of sp³-hybridized carbons (Fsp3) is 0.588. The summed E-state index contributed by atoms with van der Waals surface area (Å²) in [6, 6.07) is 9.96. The summed E-state index contributed by atoms with van der Waals surface area (Å²) in [5.41, 5.74) is 0.911. The minimum atomic E-state index is -0.498. The predicted molar refractivity (Wildman–Crippen MR) is 88.4 cm³/mol. The maximum absolute atomic E-state index is 11.9. The molecule has 2 rings (SSSR count). The highest BCUT2D eigenvalue weighted by Gasteiger charge is 2.15. The molecule has 1 aromatic carbocycles. The van der Waals surface area contributed by atoms with E-state index in [0.717, 1.165) is 18.4 Å². The van der Waals surface area contributed by atoms with Crippen LogP contribution in [0, 0.1) is 0 Å². The Hall–Kier alpha value is -1.00. The molecule has 0 saturated heterocycles. The molecule has 21 heavy (non-hydrogen) atoms. The SMILES string of the molecule is O=C(CSC[C@H](O)c1ccccc1)NC1CCCCCC1. The van der Waals surface area contributed by atoms with Gasteiger partial charge in [-0.05, 0) is 18.4 Å². The third kappa shape index (κ3) is 6.10. The van der Waals surface area contributed by atoms with Gasteiger partial charge < -0.3 is 10.4 Å². The quantitative estimate of drug-likeness (QED) is 0.793. The van der Waals surface area contributed by atoms with E-state index >= 15 is 0 Å². The van der Waals surface area contributed by atoms with Crippen molar-refractivity contribution < 1.29 is 9.90 Å². The van der Waals surface area contributed by atoms with E-state index in [4.69, 9.17) is 0 Å². The number of thioether (sulfide) groups is 1. The molecular weight excluding hydrogens is 282 g/mol. The average molecular weight is 307 g/mol. The Balaban J connectivity index is 1.64. The first-order chi connectivity index (χ1) is 10.3. The van der Waals surface area contributed by atoms with E-state index in [1.807, 2.05) is 30.3 Å². The fourth-order valence-corrected chi connectivity index (χ4v) is 3.53. The van der Waals surface area contributed by atoms with Crippen molar-refractivity contribution in [1.29, 1.82) is 0 Å². The Morgan fingerprint density at radius 1 is 1.19 bits per heavy atom. The van der Waals surface area contributed by atoms with Crippen molar-refractivity contribution in [1.82, 2.24) is 5.32 Å². The van der Waals surface area contributed by atoms with Gasteiger partial charge in [-0.25, -0.2) is 0 Å². The summed E-state index contributed by atoms with van der Waals surface area (Å²) >= 11 is 1.50. The summed E-state index contributed by atoms with van der Waals surface area (Å²) in [6.45, 7) is 0. The number of carbonyl (C=O) groups is 1. The lowest BCUT2D eigenvalue weighted by Crippen LogP contribution is -2.35. The molecule has 0 spiro atoms. The molecule has 1 atom stereocenters. The Morgan fingerprint density at radius 3 is 2.52 bits per heavy atom. The zero-order valence-corrected chi connectivity index (χ0v) is 13.3. The van der Waals surface area contributed by atoms with E-state index in [0.29, 0.717) is 17.5 Å². The molecule has 4 heteroatoms. The first kappa shape index (κ1) is 16.4. The van der Waals surface area contributed by atoms with Crippen LogP contribution in [0.3, 0.4) is 0 Å². The molecule has 3 nitrogen and oxygen atoms in total. The van der Waals surface area contributed by atoms with Gasteiger partial charge in [0.05, 0.1) is 11.9 Å². The van der Waals surface area contributed by atoms with Crippen molar-refractivity contribution in [3.8, 4) is 0 Å². The van der Waals surface area contributed by atoms with Gasteiger partial charge in [-0.1, -0.05) is 56.0 Å². The van der Waals surface area contributed by atoms with E-state index in [1.165, 1.54) is 37.4 Å². The molecular formula is C17H25NO2S. The number of rotatable bonds is 6. The van der Waals surface area contributed by atoms with Crippen LogP contribution in [0.1, 0.15) is 50.2 Å². The Kier molecular flexibility index (Phi) is 7.10. The number of hydrogen-bond donors (Lipinski definition) is 2. The largest absolute Gasteiger partial charge is 0.388 e. The van der Waals surface area contributed by atoms with Gasteiger partial charge in [0.1, 0.15) is 0 Å². The third-order valence-corrected chi connectivity index (χ3v) is 4.93. The Morgan fingerprint density at radius 2 is 1.86 bits per heavy atom. The molecule has 0 heterocycles. The molecule has 1 aromatic rings. The monoisotopic (exact) mass is 307 g/mol. The summed E-state index contributed by atoms with van der Waals surface area (Å²) in [7, 11) is 0. The smallest absolute Gasteiger partial charge is 0.230 e. The minimum Gasteiger partial charge on any atom is -0.388 e. The maximum Gasteiger partial charge on any atom is 0.230 e. The van der Waals surface area contributed by atoms with Crippen molar-refractivity contribution in [2.24, 2.45) is 0 Å². The highest BCUT2D eigenvalue weighted by molar-refractivity contribution is 7.99. The Labute approximate surface area is 131 Å². The number of aliphatic hydroxyl groups excluding tert-OH is 1. The predicted octanol–water partition coefficient (Wildman–Crippen LogP) is 3.29. The normalized spacial score (nSPS) is 18.0. The average Bonchev–Trinajstić information content (AvgIpc) is 2.76. The molecule has 0 aromatic heterocycles. The first-order valence-corrected chi connectivity index (χ1v) is 9.01. The molecule has 1 saturated carbocycles. The van der Waals surface area contributed by atoms with Crippen molar-refractivity contribution in [3.63, 3.8) is 0 Å². The molecule has 116 valence electrons. The van der Waals surface area contributed by atoms with Gasteiger partial charge in [-0.3, -0.25) is 4.79 Å². The lowest BCUT2D eigenvalue weighted by molar-refractivity contribution is -0.119. The maximum atomic E-state index is 11.9. The van der Waals surface area contributed by atoms with Gasteiger partial charge in [0, 0.05) is 11.8 Å². The molecule has 1 aliphatic carbocycles. The van der Waals surface area contributed by atoms with Crippen LogP contribution in [0.2, 0.25) is 0 Å². The van der Waals surface area contributed by atoms with Crippen LogP contribution in [-0.2, 0) is 4.79 Å². The lowest BCUT2D eigenvalue weighted by atomic mass is 10.1. The van der Waals surface area contributed by atoms with Crippen LogP contribution in [0.4, 0.5) is 0 Å². The van der Waals surface area contributed by atoms with Crippen LogP contribution in [0.15, 0.2) is 30.3 Å². The van der Waals surface area contributed by atoms with Crippen LogP contribution in [-0.4, -0.2) is 28.6 Å². The second-order valence-electron chi connectivity index (χ2n) is 5.70. The molecule has 0 aliphatic heterocycles. The highest BCUT2D eigenvalue weighted by Crippen LogP contribution is 2.19. The number of amides is 1. The second-order valence-corrected chi connectivity index (χ2v) is 6.73. The molecule has 0 unspecified atom stereocenters. The fourth-order valence-electron chi connectivity index (χ4n) is 2.73. The van der Waals surface area contributed by atoms with Gasteiger partial charge in [0.2, 0.25) is 5.91 Å². The van der Waals surface area contributed by atoms with E-state index in [2.05, 4.69) is 5.32 Å². The number of benzene rings is 1. The lowest BCUT2D eigenvalue weighted by Gasteiger charge is -2.16. The van der Waals surface area contributed by atoms with Crippen molar-refractivity contribution in [2.75, 3.05) is 11.5 Å². The van der Waals surface area contributed by atoms with E-state index < -0.39 is 6.10 Å². The van der Waals surface area contributed by atoms with Gasteiger partial charge in [0.25, 0.3) is 0 Å². The van der Waals surface area contributed by atoms with Crippen molar-refractivity contribution in [2.45, 2.75) is 50.7 Å². The van der Waals surface area contributed by atoms with E-state index in [-0.39, 0.29) is 5.91 Å². The van der Waals surface area contributed by atoms with Crippen LogP contribution >= 0.6 is 11.8 Å². The second kappa shape index (κ2) is 9.11. The van der Waals surface area contributed by atoms with Crippen LogP contribution < -0.4 is 5.32 Å². The zero-order chi connectivity index (χ0) is 14.9. The van der Waals surface area contributed by atoms with E-state index in [9.17, 15) is 9.90 Å². The number of hydrogen-bond acceptors (Lipinski definition) is 3. The third-order valence-electron chi connectivity index (χ3n) is 3.91. The van der Waals surface area contributed by atoms with Crippen LogP contribution in [0.25, 0.3) is 0 Å². The molecule has 0 radical (unpaired) electrons. The Bertz CT molecular complexity index is 416. The number of carbonyl (C=O) groups excluding carboxylic acids is 1. The number of aliphatic hydroxyl groups is 1. The summed E-state index contributed by atoms with van der Waals surface area (Å²) < 4.78 is 0. The van der Waals surface area contributed by atoms with Gasteiger partial charge in [-0.15, -0.1) is 11.8 Å². The molecule has 1 fully saturated rings. The van der Waals surface area contributed by atoms with Crippen LogP contribution in [0.5, 0.6) is 0 Å².